The number of piperidine rings is 2. The summed E-state index contributed by atoms with van der Waals surface area (Å²) < 4.78 is 0. The zero-order valence-electron chi connectivity index (χ0n) is 14.4. The molecule has 0 unspecified atom stereocenters. The Labute approximate surface area is 149 Å². The third-order valence-corrected chi connectivity index (χ3v) is 5.84. The van der Waals surface area contributed by atoms with Gasteiger partial charge >= 0.3 is 0 Å². The standard InChI is InChI=1S/C22H25NO2/c24-20-14-18-12-7-13-19(23(18)15-16-8-3-1-4-9-16)21(20)22(25)17-10-5-2-6-11-17/h1-6,8-11,18-19,21-22,25H,7,12-15H2/t18-,19+,21+,22-/m1/s1. The molecular weight excluding hydrogens is 310 g/mol. The van der Waals surface area contributed by atoms with Gasteiger partial charge in [0.2, 0.25) is 0 Å². The van der Waals surface area contributed by atoms with Gasteiger partial charge in [0.05, 0.1) is 12.0 Å². The molecule has 2 aromatic rings. The van der Waals surface area contributed by atoms with Crippen LogP contribution in [-0.2, 0) is 11.3 Å². The Morgan fingerprint density at radius 2 is 1.68 bits per heavy atom. The first-order chi connectivity index (χ1) is 12.2. The van der Waals surface area contributed by atoms with Crippen LogP contribution in [0.1, 0.15) is 42.9 Å². The van der Waals surface area contributed by atoms with Crippen molar-refractivity contribution in [3.8, 4) is 0 Å². The Kier molecular flexibility index (Phi) is 4.69. The summed E-state index contributed by atoms with van der Waals surface area (Å²) in [5.41, 5.74) is 2.13. The van der Waals surface area contributed by atoms with Crippen LogP contribution in [0.5, 0.6) is 0 Å². The van der Waals surface area contributed by atoms with Crippen molar-refractivity contribution in [2.45, 2.75) is 50.4 Å². The lowest BCUT2D eigenvalue weighted by molar-refractivity contribution is -0.142. The predicted molar refractivity (Wildman–Crippen MR) is 97.9 cm³/mol. The molecule has 1 N–H and O–H groups in total. The molecule has 2 fully saturated rings. The first-order valence-corrected chi connectivity index (χ1v) is 9.29. The van der Waals surface area contributed by atoms with Gasteiger partial charge in [-0.05, 0) is 24.0 Å². The molecule has 3 nitrogen and oxygen atoms in total. The maximum atomic E-state index is 12.8. The number of rotatable bonds is 4. The molecule has 0 aliphatic carbocycles. The van der Waals surface area contributed by atoms with E-state index in [1.54, 1.807) is 0 Å². The third kappa shape index (κ3) is 3.26. The maximum Gasteiger partial charge on any atom is 0.142 e. The fourth-order valence-electron chi connectivity index (χ4n) is 4.64. The lowest BCUT2D eigenvalue weighted by Gasteiger charge is -2.50. The quantitative estimate of drug-likeness (QED) is 0.925. The molecule has 2 saturated heterocycles. The number of carbonyl (C=O) groups is 1. The van der Waals surface area contributed by atoms with Gasteiger partial charge in [-0.25, -0.2) is 0 Å². The van der Waals surface area contributed by atoms with Gasteiger partial charge in [-0.3, -0.25) is 9.69 Å². The number of ketones is 1. The van der Waals surface area contributed by atoms with Crippen molar-refractivity contribution in [1.29, 1.82) is 0 Å². The highest BCUT2D eigenvalue weighted by atomic mass is 16.3. The normalized spacial score (nSPS) is 27.9. The van der Waals surface area contributed by atoms with Gasteiger partial charge in [-0.1, -0.05) is 67.1 Å². The molecule has 25 heavy (non-hydrogen) atoms. The zero-order valence-corrected chi connectivity index (χ0v) is 14.4. The van der Waals surface area contributed by atoms with Gasteiger partial charge in [0.1, 0.15) is 5.78 Å². The van der Waals surface area contributed by atoms with Crippen molar-refractivity contribution in [1.82, 2.24) is 4.90 Å². The molecule has 0 spiro atoms. The number of hydrogen-bond donors (Lipinski definition) is 1. The van der Waals surface area contributed by atoms with Crippen molar-refractivity contribution in [2.75, 3.05) is 0 Å². The van der Waals surface area contributed by atoms with Crippen molar-refractivity contribution >= 4 is 5.78 Å². The van der Waals surface area contributed by atoms with Crippen LogP contribution in [0, 0.1) is 5.92 Å². The largest absolute Gasteiger partial charge is 0.388 e. The van der Waals surface area contributed by atoms with Crippen LogP contribution in [0.15, 0.2) is 60.7 Å². The molecule has 2 aliphatic heterocycles. The van der Waals surface area contributed by atoms with Crippen LogP contribution < -0.4 is 0 Å². The summed E-state index contributed by atoms with van der Waals surface area (Å²) in [6.45, 7) is 0.863. The Bertz CT molecular complexity index is 715. The third-order valence-electron chi connectivity index (χ3n) is 5.84. The monoisotopic (exact) mass is 335 g/mol. The summed E-state index contributed by atoms with van der Waals surface area (Å²) in [7, 11) is 0. The van der Waals surface area contributed by atoms with E-state index in [0.717, 1.165) is 31.4 Å². The number of aliphatic hydroxyl groups excluding tert-OH is 1. The van der Waals surface area contributed by atoms with Crippen LogP contribution in [0.2, 0.25) is 0 Å². The summed E-state index contributed by atoms with van der Waals surface area (Å²) in [5.74, 6) is -0.0852. The van der Waals surface area contributed by atoms with Crippen molar-refractivity contribution < 1.29 is 9.90 Å². The Hall–Kier alpha value is -1.97. The second kappa shape index (κ2) is 7.11. The molecule has 0 radical (unpaired) electrons. The van der Waals surface area contributed by atoms with Crippen LogP contribution in [0.3, 0.4) is 0 Å². The second-order valence-electron chi connectivity index (χ2n) is 7.36. The highest BCUT2D eigenvalue weighted by Crippen LogP contribution is 2.41. The fourth-order valence-corrected chi connectivity index (χ4v) is 4.64. The first-order valence-electron chi connectivity index (χ1n) is 9.29. The van der Waals surface area contributed by atoms with Crippen LogP contribution in [0.4, 0.5) is 0 Å². The van der Waals surface area contributed by atoms with Gasteiger partial charge in [-0.15, -0.1) is 0 Å². The van der Waals surface area contributed by atoms with E-state index >= 15 is 0 Å². The number of fused-ring (bicyclic) bond motifs is 2. The topological polar surface area (TPSA) is 40.5 Å². The summed E-state index contributed by atoms with van der Waals surface area (Å²) in [5, 5.41) is 11.0. The fraction of sp³-hybridized carbons (Fsp3) is 0.409. The summed E-state index contributed by atoms with van der Waals surface area (Å²) in [6, 6.07) is 20.6. The van der Waals surface area contributed by atoms with E-state index in [4.69, 9.17) is 0 Å². The van der Waals surface area contributed by atoms with E-state index in [2.05, 4.69) is 29.2 Å². The van der Waals surface area contributed by atoms with Crippen molar-refractivity contribution in [2.24, 2.45) is 5.92 Å². The van der Waals surface area contributed by atoms with Gasteiger partial charge < -0.3 is 5.11 Å². The Morgan fingerprint density at radius 3 is 2.40 bits per heavy atom. The minimum atomic E-state index is -0.712. The molecule has 3 heteroatoms. The highest BCUT2D eigenvalue weighted by Gasteiger charge is 2.47. The molecule has 0 amide bonds. The van der Waals surface area contributed by atoms with Crippen molar-refractivity contribution in [3.05, 3.63) is 71.8 Å². The van der Waals surface area contributed by atoms with Crippen LogP contribution in [0.25, 0.3) is 0 Å². The van der Waals surface area contributed by atoms with Crippen LogP contribution in [-0.4, -0.2) is 27.9 Å². The van der Waals surface area contributed by atoms with Crippen molar-refractivity contribution in [3.63, 3.8) is 0 Å². The molecule has 2 aromatic carbocycles. The number of nitrogens with zero attached hydrogens (tertiary/aromatic N) is 1. The second-order valence-corrected chi connectivity index (χ2v) is 7.36. The van der Waals surface area contributed by atoms with Crippen LogP contribution >= 0.6 is 0 Å². The van der Waals surface area contributed by atoms with E-state index in [1.165, 1.54) is 5.56 Å². The van der Waals surface area contributed by atoms with Gasteiger partial charge in [0.15, 0.2) is 0 Å². The molecule has 4 atom stereocenters. The SMILES string of the molecule is O=C1C[C@H]2CCC[C@@H]([C@@H]1[C@H](O)c1ccccc1)N2Cc1ccccc1. The Morgan fingerprint density at radius 1 is 1.00 bits per heavy atom. The smallest absolute Gasteiger partial charge is 0.142 e. The first kappa shape index (κ1) is 16.5. The molecule has 2 bridgehead atoms. The number of aliphatic hydroxyl groups is 1. The lowest BCUT2D eigenvalue weighted by Crippen LogP contribution is -2.58. The number of hydrogen-bond acceptors (Lipinski definition) is 3. The average molecular weight is 335 g/mol. The maximum absolute atomic E-state index is 12.8. The van der Waals surface area contributed by atoms with E-state index in [-0.39, 0.29) is 17.7 Å². The summed E-state index contributed by atoms with van der Waals surface area (Å²) in [6.07, 6.45) is 3.08. The molecule has 4 rings (SSSR count). The highest BCUT2D eigenvalue weighted by molar-refractivity contribution is 5.84. The average Bonchev–Trinajstić information content (AvgIpc) is 2.64. The van der Waals surface area contributed by atoms with E-state index in [9.17, 15) is 9.90 Å². The molecular formula is C22H25NO2. The number of benzene rings is 2. The minimum absolute atomic E-state index is 0.135. The Balaban J connectivity index is 1.62. The lowest BCUT2D eigenvalue weighted by atomic mass is 9.73. The summed E-state index contributed by atoms with van der Waals surface area (Å²) >= 11 is 0. The van der Waals surface area contributed by atoms with Gasteiger partial charge in [0, 0.05) is 25.0 Å². The minimum Gasteiger partial charge on any atom is -0.388 e. The molecule has 0 aromatic heterocycles. The summed E-state index contributed by atoms with van der Waals surface area (Å²) in [4.78, 5) is 15.3. The van der Waals surface area contributed by atoms with Gasteiger partial charge in [0.25, 0.3) is 0 Å². The van der Waals surface area contributed by atoms with Gasteiger partial charge in [-0.2, -0.15) is 0 Å². The molecule has 2 aliphatic rings. The predicted octanol–water partition coefficient (Wildman–Crippen LogP) is 3.73. The molecule has 2 heterocycles. The molecule has 130 valence electrons. The zero-order chi connectivity index (χ0) is 17.2. The van der Waals surface area contributed by atoms with E-state index in [0.29, 0.717) is 12.5 Å². The number of Topliss-reactive ketones (excluding diaryl/α,β-unsaturated/α-hetero) is 1. The molecule has 0 saturated carbocycles. The number of carbonyl (C=O) groups excluding carboxylic acids is 1. The van der Waals surface area contributed by atoms with E-state index in [1.807, 2.05) is 36.4 Å². The van der Waals surface area contributed by atoms with E-state index < -0.39 is 6.10 Å².